The van der Waals surface area contributed by atoms with Crippen LogP contribution in [-0.2, 0) is 0 Å². The Morgan fingerprint density at radius 3 is 2.14 bits per heavy atom. The quantitative estimate of drug-likeness (QED) is 0.732. The third-order valence-electron chi connectivity index (χ3n) is 1.41. The molecule has 1 heterocycles. The van der Waals surface area contributed by atoms with E-state index >= 15 is 0 Å². The molecular weight excluding hydrogens is 262 g/mol. The second-order valence-electron chi connectivity index (χ2n) is 2.19. The van der Waals surface area contributed by atoms with Crippen LogP contribution in [0.3, 0.4) is 0 Å². The summed E-state index contributed by atoms with van der Waals surface area (Å²) in [6.07, 6.45) is 0. The van der Waals surface area contributed by atoms with E-state index in [4.69, 9.17) is 15.8 Å². The number of nitrogens with zero attached hydrogens (tertiary/aromatic N) is 3. The van der Waals surface area contributed by atoms with E-state index in [1.165, 1.54) is 11.3 Å². The van der Waals surface area contributed by atoms with Crippen LogP contribution in [0, 0.1) is 34.0 Å². The molecule has 0 atom stereocenters. The molecule has 0 bridgehead atoms. The van der Waals surface area contributed by atoms with Crippen molar-refractivity contribution in [2.24, 2.45) is 0 Å². The summed E-state index contributed by atoms with van der Waals surface area (Å²) in [6, 6.07) is 8.72. The Morgan fingerprint density at radius 2 is 1.79 bits per heavy atom. The van der Waals surface area contributed by atoms with E-state index in [1.54, 1.807) is 24.3 Å². The molecule has 14 heavy (non-hydrogen) atoms. The van der Waals surface area contributed by atoms with E-state index in [2.05, 4.69) is 15.9 Å². The lowest BCUT2D eigenvalue weighted by atomic mass is 10.1. The van der Waals surface area contributed by atoms with Crippen molar-refractivity contribution in [3.8, 4) is 18.2 Å². The first-order valence-corrected chi connectivity index (χ1v) is 5.04. The van der Waals surface area contributed by atoms with E-state index in [0.29, 0.717) is 4.88 Å². The van der Waals surface area contributed by atoms with Crippen LogP contribution in [-0.4, -0.2) is 0 Å². The Kier molecular flexibility index (Phi) is 3.42. The average Bonchev–Trinajstić information content (AvgIpc) is 2.60. The molecule has 0 aliphatic heterocycles. The highest BCUT2D eigenvalue weighted by Gasteiger charge is 2.10. The van der Waals surface area contributed by atoms with Crippen molar-refractivity contribution in [3.63, 3.8) is 0 Å². The van der Waals surface area contributed by atoms with Gasteiger partial charge in [0.05, 0.1) is 9.36 Å². The number of nitriles is 3. The van der Waals surface area contributed by atoms with Gasteiger partial charge in [-0.1, -0.05) is 0 Å². The number of hydrogen-bond donors (Lipinski definition) is 0. The van der Waals surface area contributed by atoms with Crippen LogP contribution in [0.15, 0.2) is 21.5 Å². The molecule has 0 unspecified atom stereocenters. The molecule has 0 amide bonds. The van der Waals surface area contributed by atoms with E-state index in [9.17, 15) is 0 Å². The van der Waals surface area contributed by atoms with Gasteiger partial charge in [0.15, 0.2) is 0 Å². The molecule has 3 nitrogen and oxygen atoms in total. The van der Waals surface area contributed by atoms with Crippen LogP contribution >= 0.6 is 27.3 Å². The zero-order valence-electron chi connectivity index (χ0n) is 6.78. The SMILES string of the molecule is N#CC(C#N)=C(C#N)c1ccc(Br)s1. The molecule has 0 N–H and O–H groups in total. The highest BCUT2D eigenvalue weighted by atomic mass is 79.9. The van der Waals surface area contributed by atoms with Crippen LogP contribution in [0.1, 0.15) is 4.88 Å². The van der Waals surface area contributed by atoms with Crippen molar-refractivity contribution < 1.29 is 0 Å². The maximum absolute atomic E-state index is 8.80. The van der Waals surface area contributed by atoms with Gasteiger partial charge in [-0.05, 0) is 28.1 Å². The topological polar surface area (TPSA) is 71.4 Å². The predicted octanol–water partition coefficient (Wildman–Crippen LogP) is 2.83. The molecule has 0 saturated heterocycles. The summed E-state index contributed by atoms with van der Waals surface area (Å²) in [5, 5.41) is 26.0. The summed E-state index contributed by atoms with van der Waals surface area (Å²) >= 11 is 4.56. The minimum Gasteiger partial charge on any atom is -0.192 e. The molecule has 0 saturated carbocycles. The summed E-state index contributed by atoms with van der Waals surface area (Å²) in [7, 11) is 0. The Balaban J connectivity index is 3.35. The second-order valence-corrected chi connectivity index (χ2v) is 4.65. The Bertz CT molecular complexity index is 491. The van der Waals surface area contributed by atoms with Gasteiger partial charge in [-0.15, -0.1) is 11.3 Å². The van der Waals surface area contributed by atoms with Gasteiger partial charge in [-0.25, -0.2) is 0 Å². The minimum atomic E-state index is -0.151. The van der Waals surface area contributed by atoms with Gasteiger partial charge in [0.2, 0.25) is 0 Å². The molecule has 0 spiro atoms. The van der Waals surface area contributed by atoms with E-state index in [0.717, 1.165) is 3.79 Å². The lowest BCUT2D eigenvalue weighted by Crippen LogP contribution is -1.81. The highest BCUT2D eigenvalue weighted by molar-refractivity contribution is 9.11. The first kappa shape index (κ1) is 10.5. The van der Waals surface area contributed by atoms with E-state index in [1.807, 2.05) is 6.07 Å². The number of halogens is 1. The van der Waals surface area contributed by atoms with Crippen LogP contribution in [0.25, 0.3) is 5.57 Å². The maximum Gasteiger partial charge on any atom is 0.148 e. The van der Waals surface area contributed by atoms with E-state index < -0.39 is 0 Å². The molecule has 5 heteroatoms. The Labute approximate surface area is 93.3 Å². The molecular formula is C9H2BrN3S. The zero-order valence-corrected chi connectivity index (χ0v) is 9.19. The van der Waals surface area contributed by atoms with Gasteiger partial charge in [0.25, 0.3) is 0 Å². The van der Waals surface area contributed by atoms with Crippen LogP contribution in [0.4, 0.5) is 0 Å². The first-order chi connectivity index (χ1) is 6.72. The van der Waals surface area contributed by atoms with Crippen molar-refractivity contribution in [2.75, 3.05) is 0 Å². The van der Waals surface area contributed by atoms with Crippen molar-refractivity contribution in [3.05, 3.63) is 26.4 Å². The molecule has 0 aliphatic carbocycles. The molecule has 0 radical (unpaired) electrons. The molecule has 0 aromatic carbocycles. The van der Waals surface area contributed by atoms with Gasteiger partial charge < -0.3 is 0 Å². The van der Waals surface area contributed by atoms with Gasteiger partial charge in [0.1, 0.15) is 23.8 Å². The lowest BCUT2D eigenvalue weighted by Gasteiger charge is -1.90. The summed E-state index contributed by atoms with van der Waals surface area (Å²) < 4.78 is 0.857. The average molecular weight is 264 g/mol. The number of allylic oxidation sites excluding steroid dienone is 2. The second kappa shape index (κ2) is 4.58. The third kappa shape index (κ3) is 2.00. The largest absolute Gasteiger partial charge is 0.192 e. The fourth-order valence-corrected chi connectivity index (χ4v) is 2.21. The van der Waals surface area contributed by atoms with Gasteiger partial charge in [0, 0.05) is 4.88 Å². The molecule has 1 aromatic rings. The van der Waals surface area contributed by atoms with E-state index in [-0.39, 0.29) is 11.1 Å². The Hall–Kier alpha value is -1.61. The van der Waals surface area contributed by atoms with Crippen molar-refractivity contribution >= 4 is 32.8 Å². The van der Waals surface area contributed by atoms with Crippen molar-refractivity contribution in [1.82, 2.24) is 0 Å². The fraction of sp³-hybridized carbons (Fsp3) is 0. The van der Waals surface area contributed by atoms with Crippen molar-refractivity contribution in [1.29, 1.82) is 15.8 Å². The fourth-order valence-electron chi connectivity index (χ4n) is 0.820. The molecule has 0 aliphatic rings. The lowest BCUT2D eigenvalue weighted by molar-refractivity contribution is 1.46. The number of thiophene rings is 1. The minimum absolute atomic E-state index is 0.130. The molecule has 1 aromatic heterocycles. The highest BCUT2D eigenvalue weighted by Crippen LogP contribution is 2.29. The van der Waals surface area contributed by atoms with Crippen LogP contribution < -0.4 is 0 Å². The zero-order chi connectivity index (χ0) is 10.6. The number of rotatable bonds is 1. The summed E-state index contributed by atoms with van der Waals surface area (Å²) in [5.41, 5.74) is -0.0208. The number of hydrogen-bond acceptors (Lipinski definition) is 4. The summed E-state index contributed by atoms with van der Waals surface area (Å²) in [5.74, 6) is 0. The predicted molar refractivity (Wildman–Crippen MR) is 55.8 cm³/mol. The van der Waals surface area contributed by atoms with Gasteiger partial charge in [-0.3, -0.25) is 0 Å². The normalized spacial score (nSPS) is 8.14. The molecule has 66 valence electrons. The van der Waals surface area contributed by atoms with Crippen LogP contribution in [0.2, 0.25) is 0 Å². The molecule has 1 rings (SSSR count). The standard InChI is InChI=1S/C9H2BrN3S/c10-9-2-1-8(14-9)7(5-13)6(3-11)4-12/h1-2H. The third-order valence-corrected chi connectivity index (χ3v) is 3.05. The first-order valence-electron chi connectivity index (χ1n) is 3.43. The van der Waals surface area contributed by atoms with Gasteiger partial charge >= 0.3 is 0 Å². The van der Waals surface area contributed by atoms with Crippen molar-refractivity contribution in [2.45, 2.75) is 0 Å². The summed E-state index contributed by atoms with van der Waals surface area (Å²) in [4.78, 5) is 0.623. The van der Waals surface area contributed by atoms with Gasteiger partial charge in [-0.2, -0.15) is 15.8 Å². The smallest absolute Gasteiger partial charge is 0.148 e. The maximum atomic E-state index is 8.80. The van der Waals surface area contributed by atoms with Crippen LogP contribution in [0.5, 0.6) is 0 Å². The Morgan fingerprint density at radius 1 is 1.14 bits per heavy atom. The summed E-state index contributed by atoms with van der Waals surface area (Å²) in [6.45, 7) is 0. The monoisotopic (exact) mass is 263 g/mol. The molecule has 0 fully saturated rings.